The Kier molecular flexibility index (Phi) is 4.23. The Labute approximate surface area is 128 Å². The van der Waals surface area contributed by atoms with Gasteiger partial charge in [-0.25, -0.2) is 9.78 Å². The molecule has 0 radical (unpaired) electrons. The monoisotopic (exact) mass is 332 g/mol. The molecule has 0 bridgehead atoms. The first kappa shape index (κ1) is 14.7. The number of ether oxygens (including phenoxy) is 1. The number of aromatic nitrogens is 1. The predicted octanol–water partition coefficient (Wildman–Crippen LogP) is 4.11. The van der Waals surface area contributed by atoms with Crippen molar-refractivity contribution < 1.29 is 14.6 Å². The van der Waals surface area contributed by atoms with E-state index in [9.17, 15) is 4.79 Å². The Morgan fingerprint density at radius 3 is 2.45 bits per heavy atom. The molecule has 5 nitrogen and oxygen atoms in total. The molecule has 0 unspecified atom stereocenters. The van der Waals surface area contributed by atoms with Gasteiger partial charge < -0.3 is 15.6 Å². The number of aromatic carboxylic acids is 1. The van der Waals surface area contributed by atoms with E-state index in [0.29, 0.717) is 0 Å². The fourth-order valence-electron chi connectivity index (χ4n) is 1.38. The molecule has 1 aromatic carbocycles. The van der Waals surface area contributed by atoms with Crippen molar-refractivity contribution in [1.82, 2.24) is 4.98 Å². The average molecular weight is 334 g/mol. The van der Waals surface area contributed by atoms with Crippen LogP contribution in [0.2, 0.25) is 15.1 Å². The molecule has 0 saturated carbocycles. The lowest BCUT2D eigenvalue weighted by molar-refractivity contribution is 0.0697. The zero-order valence-corrected chi connectivity index (χ0v) is 12.0. The minimum atomic E-state index is -1.19. The lowest BCUT2D eigenvalue weighted by Gasteiger charge is -2.09. The smallest absolute Gasteiger partial charge is 0.338 e. The minimum Gasteiger partial charge on any atom is -0.478 e. The fourth-order valence-corrected chi connectivity index (χ4v) is 1.96. The van der Waals surface area contributed by atoms with Crippen LogP contribution in [0.5, 0.6) is 11.6 Å². The minimum absolute atomic E-state index is 0.0249. The van der Waals surface area contributed by atoms with Crippen LogP contribution in [0, 0.1) is 0 Å². The van der Waals surface area contributed by atoms with Gasteiger partial charge in [-0.05, 0) is 6.07 Å². The molecule has 2 aromatic rings. The molecule has 0 fully saturated rings. The average Bonchev–Trinajstić information content (AvgIpc) is 2.37. The van der Waals surface area contributed by atoms with Gasteiger partial charge >= 0.3 is 5.97 Å². The second-order valence-electron chi connectivity index (χ2n) is 3.71. The summed E-state index contributed by atoms with van der Waals surface area (Å²) in [5.41, 5.74) is 5.41. The standard InChI is InChI=1S/C12H7Cl3N2O3/c13-6-2-8(15)10(3-7(6)14)20-11-1-5(12(18)19)9(16)4-17-11/h1-4H,16H2,(H,18,19). The largest absolute Gasteiger partial charge is 0.478 e. The summed E-state index contributed by atoms with van der Waals surface area (Å²) >= 11 is 17.6. The van der Waals surface area contributed by atoms with E-state index in [1.165, 1.54) is 24.4 Å². The van der Waals surface area contributed by atoms with Crippen molar-refractivity contribution >= 4 is 46.5 Å². The van der Waals surface area contributed by atoms with Gasteiger partial charge in [0.25, 0.3) is 0 Å². The molecular weight excluding hydrogens is 327 g/mol. The summed E-state index contributed by atoms with van der Waals surface area (Å²) in [5, 5.41) is 9.71. The van der Waals surface area contributed by atoms with Gasteiger partial charge in [0.15, 0.2) is 0 Å². The molecule has 0 saturated heterocycles. The van der Waals surface area contributed by atoms with Gasteiger partial charge in [-0.3, -0.25) is 0 Å². The summed E-state index contributed by atoms with van der Waals surface area (Å²) in [5.74, 6) is -0.957. The topological polar surface area (TPSA) is 85.4 Å². The highest BCUT2D eigenvalue weighted by molar-refractivity contribution is 6.43. The quantitative estimate of drug-likeness (QED) is 0.825. The van der Waals surface area contributed by atoms with Gasteiger partial charge in [0.2, 0.25) is 5.88 Å². The van der Waals surface area contributed by atoms with E-state index in [0.717, 1.165) is 0 Å². The van der Waals surface area contributed by atoms with Crippen LogP contribution in [0.4, 0.5) is 5.69 Å². The zero-order valence-electron chi connectivity index (χ0n) is 9.73. The molecule has 0 amide bonds. The van der Waals surface area contributed by atoms with Crippen LogP contribution in [0.15, 0.2) is 24.4 Å². The summed E-state index contributed by atoms with van der Waals surface area (Å²) in [4.78, 5) is 14.8. The normalized spacial score (nSPS) is 10.3. The first-order valence-electron chi connectivity index (χ1n) is 5.19. The highest BCUT2D eigenvalue weighted by atomic mass is 35.5. The van der Waals surface area contributed by atoms with E-state index in [2.05, 4.69) is 4.98 Å². The molecular formula is C12H7Cl3N2O3. The number of nitrogen functional groups attached to an aromatic ring is 1. The molecule has 0 atom stereocenters. The number of halogens is 3. The third-order valence-corrected chi connectivity index (χ3v) is 3.35. The second kappa shape index (κ2) is 5.75. The number of nitrogens with zero attached hydrogens (tertiary/aromatic N) is 1. The van der Waals surface area contributed by atoms with Crippen LogP contribution in [0.25, 0.3) is 0 Å². The van der Waals surface area contributed by atoms with E-state index in [1.807, 2.05) is 0 Å². The van der Waals surface area contributed by atoms with Crippen LogP contribution in [-0.2, 0) is 0 Å². The third-order valence-electron chi connectivity index (χ3n) is 2.33. The fraction of sp³-hybridized carbons (Fsp3) is 0. The van der Waals surface area contributed by atoms with Gasteiger partial charge in [-0.2, -0.15) is 0 Å². The van der Waals surface area contributed by atoms with Crippen LogP contribution < -0.4 is 10.5 Å². The first-order valence-corrected chi connectivity index (χ1v) is 6.33. The molecule has 20 heavy (non-hydrogen) atoms. The van der Waals surface area contributed by atoms with Crippen molar-refractivity contribution in [3.05, 3.63) is 45.0 Å². The number of pyridine rings is 1. The first-order chi connectivity index (χ1) is 9.38. The van der Waals surface area contributed by atoms with Gasteiger partial charge in [-0.15, -0.1) is 0 Å². The molecule has 1 aromatic heterocycles. The second-order valence-corrected chi connectivity index (χ2v) is 4.94. The third kappa shape index (κ3) is 3.07. The van der Waals surface area contributed by atoms with E-state index < -0.39 is 5.97 Å². The van der Waals surface area contributed by atoms with Gasteiger partial charge in [0, 0.05) is 12.1 Å². The van der Waals surface area contributed by atoms with Crippen molar-refractivity contribution in [2.75, 3.05) is 5.73 Å². The van der Waals surface area contributed by atoms with Crippen molar-refractivity contribution in [1.29, 1.82) is 0 Å². The molecule has 0 aliphatic rings. The van der Waals surface area contributed by atoms with Crippen molar-refractivity contribution in [2.45, 2.75) is 0 Å². The summed E-state index contributed by atoms with van der Waals surface area (Å²) in [6.07, 6.45) is 1.18. The lowest BCUT2D eigenvalue weighted by Crippen LogP contribution is -2.03. The van der Waals surface area contributed by atoms with Crippen LogP contribution in [0.1, 0.15) is 10.4 Å². The van der Waals surface area contributed by atoms with Crippen molar-refractivity contribution in [2.24, 2.45) is 0 Å². The number of anilines is 1. The SMILES string of the molecule is Nc1cnc(Oc2cc(Cl)c(Cl)cc2Cl)cc1C(=O)O. The summed E-state index contributed by atoms with van der Waals surface area (Å²) in [6, 6.07) is 4.01. The molecule has 2 rings (SSSR count). The maximum atomic E-state index is 11.0. The maximum absolute atomic E-state index is 11.0. The number of carbonyl (C=O) groups is 1. The number of hydrogen-bond donors (Lipinski definition) is 2. The summed E-state index contributed by atoms with van der Waals surface area (Å²) < 4.78 is 5.39. The highest BCUT2D eigenvalue weighted by Crippen LogP contribution is 2.36. The van der Waals surface area contributed by atoms with Gasteiger partial charge in [-0.1, -0.05) is 34.8 Å². The Bertz CT molecular complexity index is 692. The molecule has 8 heteroatoms. The number of carboxylic acid groups (broad SMARTS) is 1. The molecule has 0 aliphatic carbocycles. The number of hydrogen-bond acceptors (Lipinski definition) is 4. The number of rotatable bonds is 3. The Hall–Kier alpha value is -1.69. The van der Waals surface area contributed by atoms with E-state index in [1.54, 1.807) is 0 Å². The number of nitrogens with two attached hydrogens (primary N) is 1. The number of carboxylic acids is 1. The Morgan fingerprint density at radius 1 is 1.15 bits per heavy atom. The van der Waals surface area contributed by atoms with E-state index in [4.69, 9.17) is 50.4 Å². The molecule has 1 heterocycles. The van der Waals surface area contributed by atoms with Crippen LogP contribution in [0.3, 0.4) is 0 Å². The molecule has 104 valence electrons. The van der Waals surface area contributed by atoms with Crippen LogP contribution >= 0.6 is 34.8 Å². The lowest BCUT2D eigenvalue weighted by atomic mass is 10.2. The predicted molar refractivity (Wildman–Crippen MR) is 77.2 cm³/mol. The van der Waals surface area contributed by atoms with Gasteiger partial charge in [0.05, 0.1) is 32.5 Å². The molecule has 3 N–H and O–H groups in total. The van der Waals surface area contributed by atoms with E-state index in [-0.39, 0.29) is 37.9 Å². The van der Waals surface area contributed by atoms with E-state index >= 15 is 0 Å². The van der Waals surface area contributed by atoms with Crippen molar-refractivity contribution in [3.8, 4) is 11.6 Å². The molecule has 0 spiro atoms. The highest BCUT2D eigenvalue weighted by Gasteiger charge is 2.13. The zero-order chi connectivity index (χ0) is 14.9. The van der Waals surface area contributed by atoms with Crippen LogP contribution in [-0.4, -0.2) is 16.1 Å². The summed E-state index contributed by atoms with van der Waals surface area (Å²) in [7, 11) is 0. The van der Waals surface area contributed by atoms with Gasteiger partial charge in [0.1, 0.15) is 5.75 Å². The Balaban J connectivity index is 2.38. The maximum Gasteiger partial charge on any atom is 0.338 e. The summed E-state index contributed by atoms with van der Waals surface area (Å²) in [6.45, 7) is 0. The van der Waals surface area contributed by atoms with Crippen molar-refractivity contribution in [3.63, 3.8) is 0 Å². The Morgan fingerprint density at radius 2 is 1.80 bits per heavy atom. The molecule has 0 aliphatic heterocycles. The number of benzene rings is 1.